The highest BCUT2D eigenvalue weighted by molar-refractivity contribution is 7.46. The predicted octanol–water partition coefficient (Wildman–Crippen LogP) is 1.35. The van der Waals surface area contributed by atoms with Crippen molar-refractivity contribution in [2.45, 2.75) is 45.3 Å². The highest BCUT2D eigenvalue weighted by Gasteiger charge is 2.18. The van der Waals surface area contributed by atoms with E-state index in [-0.39, 0.29) is 0 Å². The molecule has 0 aliphatic heterocycles. The van der Waals surface area contributed by atoms with Crippen LogP contribution < -0.4 is 5.73 Å². The third-order valence-electron chi connectivity index (χ3n) is 1.61. The van der Waals surface area contributed by atoms with Crippen molar-refractivity contribution in [1.29, 1.82) is 0 Å². The maximum atomic E-state index is 10.3. The molecule has 6 heteroatoms. The van der Waals surface area contributed by atoms with Gasteiger partial charge in [0.15, 0.2) is 0 Å². The Hall–Kier alpha value is 0.0700. The smallest absolute Gasteiger partial charge is 0.306 e. The van der Waals surface area contributed by atoms with Crippen molar-refractivity contribution in [3.8, 4) is 0 Å². The van der Waals surface area contributed by atoms with Crippen molar-refractivity contribution < 1.29 is 18.9 Å². The van der Waals surface area contributed by atoms with Crippen molar-refractivity contribution in [1.82, 2.24) is 0 Å². The molecule has 0 radical (unpaired) electrons. The fraction of sp³-hybridized carbons (Fsp3) is 1.00. The minimum Gasteiger partial charge on any atom is -0.306 e. The Bertz CT molecular complexity index is 170. The van der Waals surface area contributed by atoms with Crippen molar-refractivity contribution in [2.24, 2.45) is 5.73 Å². The lowest BCUT2D eigenvalue weighted by Crippen LogP contribution is -2.22. The summed E-state index contributed by atoms with van der Waals surface area (Å²) in [6.07, 6.45) is 3.74. The molecule has 0 aliphatic rings. The van der Waals surface area contributed by atoms with Gasteiger partial charge in [-0.2, -0.15) is 0 Å². The average Bonchev–Trinajstić information content (AvgIpc) is 1.94. The standard InChI is InChI=1S/C7H18NO4P/c1-2-3-4-5-6-7(8)12-13(9,10)11/h7H,2-6,8H2,1H3,(H2,9,10,11). The van der Waals surface area contributed by atoms with Crippen LogP contribution in [-0.2, 0) is 9.09 Å². The SMILES string of the molecule is CCCCCCC(N)OP(=O)(O)O. The highest BCUT2D eigenvalue weighted by atomic mass is 31.2. The Morgan fingerprint density at radius 2 is 2.00 bits per heavy atom. The maximum Gasteiger partial charge on any atom is 0.471 e. The number of nitrogens with two attached hydrogens (primary N) is 1. The molecule has 0 heterocycles. The third-order valence-corrected chi connectivity index (χ3v) is 2.16. The number of hydrogen-bond acceptors (Lipinski definition) is 3. The second kappa shape index (κ2) is 6.51. The second-order valence-corrected chi connectivity index (χ2v) is 4.18. The largest absolute Gasteiger partial charge is 0.471 e. The number of rotatable bonds is 7. The van der Waals surface area contributed by atoms with Gasteiger partial charge in [0, 0.05) is 0 Å². The molecule has 80 valence electrons. The van der Waals surface area contributed by atoms with E-state index in [0.717, 1.165) is 25.7 Å². The summed E-state index contributed by atoms with van der Waals surface area (Å²) >= 11 is 0. The fourth-order valence-electron chi connectivity index (χ4n) is 1.00. The van der Waals surface area contributed by atoms with Gasteiger partial charge in [0.05, 0.1) is 0 Å². The molecule has 0 spiro atoms. The van der Waals surface area contributed by atoms with Gasteiger partial charge in [-0.1, -0.05) is 26.2 Å². The molecule has 0 aliphatic carbocycles. The lowest BCUT2D eigenvalue weighted by molar-refractivity contribution is 0.129. The first-order chi connectivity index (χ1) is 5.95. The fourth-order valence-corrected chi connectivity index (χ4v) is 1.46. The van der Waals surface area contributed by atoms with E-state index in [9.17, 15) is 4.57 Å². The van der Waals surface area contributed by atoms with Gasteiger partial charge >= 0.3 is 7.82 Å². The van der Waals surface area contributed by atoms with Crippen LogP contribution >= 0.6 is 7.82 Å². The van der Waals surface area contributed by atoms with E-state index in [4.69, 9.17) is 15.5 Å². The lowest BCUT2D eigenvalue weighted by Gasteiger charge is -2.12. The molecule has 0 saturated carbocycles. The first kappa shape index (κ1) is 13.1. The molecule has 0 fully saturated rings. The zero-order chi connectivity index (χ0) is 10.3. The first-order valence-corrected chi connectivity index (χ1v) is 5.98. The summed E-state index contributed by atoms with van der Waals surface area (Å²) in [6, 6.07) is 0. The van der Waals surface area contributed by atoms with E-state index in [1.807, 2.05) is 0 Å². The quantitative estimate of drug-likeness (QED) is 0.336. The molecule has 13 heavy (non-hydrogen) atoms. The van der Waals surface area contributed by atoms with Crippen LogP contribution in [0.5, 0.6) is 0 Å². The molecule has 0 saturated heterocycles. The average molecular weight is 211 g/mol. The molecule has 0 aromatic rings. The van der Waals surface area contributed by atoms with E-state index < -0.39 is 14.1 Å². The summed E-state index contributed by atoms with van der Waals surface area (Å²) in [4.78, 5) is 16.8. The van der Waals surface area contributed by atoms with Crippen molar-refractivity contribution >= 4 is 7.82 Å². The van der Waals surface area contributed by atoms with Crippen LogP contribution in [0, 0.1) is 0 Å². The minimum absolute atomic E-state index is 0.491. The summed E-state index contributed by atoms with van der Waals surface area (Å²) in [5, 5.41) is 0. The number of phosphoric ester groups is 1. The van der Waals surface area contributed by atoms with Gasteiger partial charge in [0.1, 0.15) is 6.23 Å². The van der Waals surface area contributed by atoms with E-state index in [1.54, 1.807) is 0 Å². The van der Waals surface area contributed by atoms with Gasteiger partial charge in [-0.25, -0.2) is 4.57 Å². The lowest BCUT2D eigenvalue weighted by atomic mass is 10.1. The van der Waals surface area contributed by atoms with Crippen LogP contribution in [0.4, 0.5) is 0 Å². The van der Waals surface area contributed by atoms with Crippen LogP contribution in [-0.4, -0.2) is 16.0 Å². The molecule has 1 atom stereocenters. The Morgan fingerprint density at radius 1 is 1.38 bits per heavy atom. The van der Waals surface area contributed by atoms with E-state index in [0.29, 0.717) is 6.42 Å². The third kappa shape index (κ3) is 9.99. The monoisotopic (exact) mass is 211 g/mol. The van der Waals surface area contributed by atoms with E-state index in [2.05, 4.69) is 11.4 Å². The number of hydrogen-bond donors (Lipinski definition) is 3. The van der Waals surface area contributed by atoms with Gasteiger partial charge in [-0.05, 0) is 12.8 Å². The Morgan fingerprint density at radius 3 is 2.46 bits per heavy atom. The van der Waals surface area contributed by atoms with Gasteiger partial charge in [-0.15, -0.1) is 0 Å². The maximum absolute atomic E-state index is 10.3. The van der Waals surface area contributed by atoms with E-state index >= 15 is 0 Å². The molecule has 0 bridgehead atoms. The summed E-state index contributed by atoms with van der Waals surface area (Å²) in [7, 11) is -4.40. The Balaban J connectivity index is 3.41. The Kier molecular flexibility index (Phi) is 6.55. The van der Waals surface area contributed by atoms with Gasteiger partial charge in [0.25, 0.3) is 0 Å². The number of unbranched alkanes of at least 4 members (excludes halogenated alkanes) is 3. The molecule has 5 nitrogen and oxygen atoms in total. The summed E-state index contributed by atoms with van der Waals surface area (Å²) in [5.74, 6) is 0. The second-order valence-electron chi connectivity index (χ2n) is 2.98. The van der Waals surface area contributed by atoms with Gasteiger partial charge < -0.3 is 15.5 Å². The number of phosphoric acid groups is 1. The van der Waals surface area contributed by atoms with Crippen molar-refractivity contribution in [3.63, 3.8) is 0 Å². The van der Waals surface area contributed by atoms with Gasteiger partial charge in [-0.3, -0.25) is 4.52 Å². The topological polar surface area (TPSA) is 92.8 Å². The normalized spacial score (nSPS) is 14.5. The van der Waals surface area contributed by atoms with Crippen LogP contribution in [0.2, 0.25) is 0 Å². The van der Waals surface area contributed by atoms with Crippen molar-refractivity contribution in [3.05, 3.63) is 0 Å². The molecule has 1 unspecified atom stereocenters. The summed E-state index contributed by atoms with van der Waals surface area (Å²) in [5.41, 5.74) is 5.33. The summed E-state index contributed by atoms with van der Waals surface area (Å²) < 4.78 is 14.6. The molecule has 0 aromatic heterocycles. The van der Waals surface area contributed by atoms with Crippen LogP contribution in [0.25, 0.3) is 0 Å². The first-order valence-electron chi connectivity index (χ1n) is 4.45. The zero-order valence-electron chi connectivity index (χ0n) is 7.85. The highest BCUT2D eigenvalue weighted by Crippen LogP contribution is 2.37. The molecular formula is C7H18NO4P. The molecule has 0 rings (SSSR count). The minimum atomic E-state index is -4.40. The van der Waals surface area contributed by atoms with E-state index in [1.165, 1.54) is 0 Å². The summed E-state index contributed by atoms with van der Waals surface area (Å²) in [6.45, 7) is 2.09. The van der Waals surface area contributed by atoms with Gasteiger partial charge in [0.2, 0.25) is 0 Å². The van der Waals surface area contributed by atoms with Crippen LogP contribution in [0.15, 0.2) is 0 Å². The van der Waals surface area contributed by atoms with Crippen LogP contribution in [0.3, 0.4) is 0 Å². The Labute approximate surface area is 78.5 Å². The van der Waals surface area contributed by atoms with Crippen LogP contribution in [0.1, 0.15) is 39.0 Å². The predicted molar refractivity (Wildman–Crippen MR) is 49.9 cm³/mol. The molecule has 0 amide bonds. The zero-order valence-corrected chi connectivity index (χ0v) is 8.74. The molecule has 0 aromatic carbocycles. The molecule has 4 N–H and O–H groups in total. The van der Waals surface area contributed by atoms with Crippen molar-refractivity contribution in [2.75, 3.05) is 0 Å². The molecular weight excluding hydrogens is 193 g/mol.